The molecule has 6 nitrogen and oxygen atoms in total. The number of halogens is 1. The quantitative estimate of drug-likeness (QED) is 0.852. The smallest absolute Gasteiger partial charge is 0.371 e. The number of rotatable bonds is 5. The van der Waals surface area contributed by atoms with E-state index in [0.717, 1.165) is 18.4 Å². The normalized spacial score (nSPS) is 16.4. The lowest BCUT2D eigenvalue weighted by atomic mass is 9.74. The minimum absolute atomic E-state index is 0.0179. The van der Waals surface area contributed by atoms with E-state index in [4.69, 9.17) is 25.9 Å². The highest BCUT2D eigenvalue weighted by molar-refractivity contribution is 6.30. The molecule has 2 heterocycles. The molecular formula is C18H18ClNO5. The van der Waals surface area contributed by atoms with Crippen molar-refractivity contribution in [2.45, 2.75) is 18.3 Å². The predicted octanol–water partition coefficient (Wildman–Crippen LogP) is 3.11. The van der Waals surface area contributed by atoms with Crippen molar-refractivity contribution >= 4 is 23.5 Å². The first-order chi connectivity index (χ1) is 12.0. The van der Waals surface area contributed by atoms with Gasteiger partial charge in [0.05, 0.1) is 0 Å². The molecule has 3 rings (SSSR count). The highest BCUT2D eigenvalue weighted by Gasteiger charge is 2.35. The third-order valence-electron chi connectivity index (χ3n) is 4.53. The van der Waals surface area contributed by atoms with Gasteiger partial charge in [-0.15, -0.1) is 0 Å². The van der Waals surface area contributed by atoms with Crippen LogP contribution in [-0.2, 0) is 10.2 Å². The number of aromatic carboxylic acids is 1. The number of amides is 1. The highest BCUT2D eigenvalue weighted by Crippen LogP contribution is 2.35. The number of hydrogen-bond acceptors (Lipinski definition) is 4. The van der Waals surface area contributed by atoms with Gasteiger partial charge in [0.1, 0.15) is 0 Å². The summed E-state index contributed by atoms with van der Waals surface area (Å²) in [5.41, 5.74) is 0.840. The third-order valence-corrected chi connectivity index (χ3v) is 4.79. The van der Waals surface area contributed by atoms with Crippen molar-refractivity contribution in [2.24, 2.45) is 0 Å². The van der Waals surface area contributed by atoms with Crippen molar-refractivity contribution in [1.29, 1.82) is 0 Å². The second-order valence-corrected chi connectivity index (χ2v) is 6.49. The summed E-state index contributed by atoms with van der Waals surface area (Å²) in [7, 11) is 0. The van der Waals surface area contributed by atoms with Crippen molar-refractivity contribution in [3.05, 3.63) is 58.5 Å². The van der Waals surface area contributed by atoms with Crippen LogP contribution in [0.2, 0.25) is 5.02 Å². The van der Waals surface area contributed by atoms with E-state index in [1.807, 2.05) is 24.3 Å². The van der Waals surface area contributed by atoms with E-state index in [0.29, 0.717) is 24.8 Å². The van der Waals surface area contributed by atoms with E-state index >= 15 is 0 Å². The molecule has 7 heteroatoms. The summed E-state index contributed by atoms with van der Waals surface area (Å²) in [5.74, 6) is -1.92. The summed E-state index contributed by atoms with van der Waals surface area (Å²) in [6, 6.07) is 10.2. The van der Waals surface area contributed by atoms with Gasteiger partial charge in [0, 0.05) is 30.2 Å². The Hall–Kier alpha value is -2.31. The Labute approximate surface area is 149 Å². The molecule has 2 N–H and O–H groups in total. The van der Waals surface area contributed by atoms with Crippen LogP contribution in [0, 0.1) is 0 Å². The Morgan fingerprint density at radius 3 is 2.32 bits per heavy atom. The third kappa shape index (κ3) is 3.86. The van der Waals surface area contributed by atoms with Crippen molar-refractivity contribution in [3.63, 3.8) is 0 Å². The summed E-state index contributed by atoms with van der Waals surface area (Å²) < 4.78 is 10.5. The fourth-order valence-electron chi connectivity index (χ4n) is 3.04. The van der Waals surface area contributed by atoms with Crippen LogP contribution >= 0.6 is 11.6 Å². The SMILES string of the molecule is O=C(O)c1ccc(C(=O)NCC2(c3ccc(Cl)cc3)CCOCC2)o1. The molecule has 0 atom stereocenters. The Balaban J connectivity index is 1.75. The van der Waals surface area contributed by atoms with E-state index in [9.17, 15) is 9.59 Å². The topological polar surface area (TPSA) is 88.8 Å². The molecule has 1 aliphatic heterocycles. The van der Waals surface area contributed by atoms with E-state index in [-0.39, 0.29) is 16.9 Å². The molecular weight excluding hydrogens is 346 g/mol. The Kier molecular flexibility index (Phi) is 5.11. The Morgan fingerprint density at radius 1 is 1.08 bits per heavy atom. The van der Waals surface area contributed by atoms with Gasteiger partial charge in [-0.2, -0.15) is 0 Å². The number of carboxylic acids is 1. The monoisotopic (exact) mass is 363 g/mol. The van der Waals surface area contributed by atoms with Crippen LogP contribution in [0.25, 0.3) is 0 Å². The molecule has 1 fully saturated rings. The van der Waals surface area contributed by atoms with Crippen LogP contribution in [0.1, 0.15) is 39.5 Å². The van der Waals surface area contributed by atoms with E-state index in [1.165, 1.54) is 12.1 Å². The molecule has 0 spiro atoms. The molecule has 0 saturated carbocycles. The molecule has 0 unspecified atom stereocenters. The fraction of sp³-hybridized carbons (Fsp3) is 0.333. The van der Waals surface area contributed by atoms with Crippen LogP contribution < -0.4 is 5.32 Å². The van der Waals surface area contributed by atoms with Crippen molar-refractivity contribution < 1.29 is 23.8 Å². The van der Waals surface area contributed by atoms with Crippen LogP contribution in [0.15, 0.2) is 40.8 Å². The summed E-state index contributed by atoms with van der Waals surface area (Å²) in [6.07, 6.45) is 1.54. The maximum Gasteiger partial charge on any atom is 0.371 e. The summed E-state index contributed by atoms with van der Waals surface area (Å²) in [6.45, 7) is 1.63. The average Bonchev–Trinajstić information content (AvgIpc) is 3.12. The van der Waals surface area contributed by atoms with Crippen LogP contribution in [-0.4, -0.2) is 36.7 Å². The molecule has 1 saturated heterocycles. The van der Waals surface area contributed by atoms with Crippen LogP contribution in [0.4, 0.5) is 0 Å². The van der Waals surface area contributed by atoms with Gasteiger partial charge in [-0.3, -0.25) is 4.79 Å². The zero-order chi connectivity index (χ0) is 17.9. The second kappa shape index (κ2) is 7.29. The van der Waals surface area contributed by atoms with Gasteiger partial charge in [-0.1, -0.05) is 23.7 Å². The van der Waals surface area contributed by atoms with E-state index < -0.39 is 11.9 Å². The minimum atomic E-state index is -1.21. The lowest BCUT2D eigenvalue weighted by molar-refractivity contribution is 0.0483. The molecule has 132 valence electrons. The molecule has 0 aliphatic carbocycles. The van der Waals surface area contributed by atoms with Gasteiger partial charge < -0.3 is 19.6 Å². The van der Waals surface area contributed by atoms with Crippen molar-refractivity contribution in [1.82, 2.24) is 5.32 Å². The molecule has 0 radical (unpaired) electrons. The number of benzene rings is 1. The van der Waals surface area contributed by atoms with Crippen LogP contribution in [0.3, 0.4) is 0 Å². The molecule has 2 aromatic rings. The summed E-state index contributed by atoms with van der Waals surface area (Å²) in [4.78, 5) is 23.2. The molecule has 25 heavy (non-hydrogen) atoms. The fourth-order valence-corrected chi connectivity index (χ4v) is 3.17. The minimum Gasteiger partial charge on any atom is -0.475 e. The number of carbonyl (C=O) groups is 2. The van der Waals surface area contributed by atoms with Crippen molar-refractivity contribution in [2.75, 3.05) is 19.8 Å². The summed E-state index contributed by atoms with van der Waals surface area (Å²) >= 11 is 5.98. The molecule has 1 aromatic heterocycles. The first-order valence-corrected chi connectivity index (χ1v) is 8.33. The standard InChI is InChI=1S/C18H18ClNO5/c19-13-3-1-12(2-4-13)18(7-9-24-10-8-18)11-20-16(21)14-5-6-15(25-14)17(22)23/h1-6H,7-11H2,(H,20,21)(H,22,23). The number of carboxylic acid groups (broad SMARTS) is 1. The highest BCUT2D eigenvalue weighted by atomic mass is 35.5. The average molecular weight is 364 g/mol. The van der Waals surface area contributed by atoms with Gasteiger partial charge in [-0.05, 0) is 42.7 Å². The molecule has 1 aromatic carbocycles. The zero-order valence-corrected chi connectivity index (χ0v) is 14.2. The first-order valence-electron chi connectivity index (χ1n) is 7.95. The zero-order valence-electron chi connectivity index (χ0n) is 13.5. The number of nitrogens with one attached hydrogen (secondary N) is 1. The Morgan fingerprint density at radius 2 is 1.72 bits per heavy atom. The molecule has 0 bridgehead atoms. The lowest BCUT2D eigenvalue weighted by Gasteiger charge is -2.38. The van der Waals surface area contributed by atoms with Crippen molar-refractivity contribution in [3.8, 4) is 0 Å². The largest absolute Gasteiger partial charge is 0.475 e. The van der Waals surface area contributed by atoms with Crippen LogP contribution in [0.5, 0.6) is 0 Å². The number of ether oxygens (including phenoxy) is 1. The maximum absolute atomic E-state index is 12.3. The molecule has 1 aliphatic rings. The second-order valence-electron chi connectivity index (χ2n) is 6.05. The van der Waals surface area contributed by atoms with Gasteiger partial charge in [-0.25, -0.2) is 4.79 Å². The van der Waals surface area contributed by atoms with E-state index in [2.05, 4.69) is 5.32 Å². The molecule has 1 amide bonds. The lowest BCUT2D eigenvalue weighted by Crippen LogP contribution is -2.44. The van der Waals surface area contributed by atoms with E-state index in [1.54, 1.807) is 0 Å². The summed E-state index contributed by atoms with van der Waals surface area (Å²) in [5, 5.41) is 12.4. The van der Waals surface area contributed by atoms with Gasteiger partial charge >= 0.3 is 5.97 Å². The Bertz CT molecular complexity index is 762. The van der Waals surface area contributed by atoms with Gasteiger partial charge in [0.15, 0.2) is 5.76 Å². The number of hydrogen-bond donors (Lipinski definition) is 2. The predicted molar refractivity (Wildman–Crippen MR) is 91.2 cm³/mol. The maximum atomic E-state index is 12.3. The first kappa shape index (κ1) is 17.5. The number of carbonyl (C=O) groups excluding carboxylic acids is 1. The number of furan rings is 1. The van der Waals surface area contributed by atoms with Gasteiger partial charge in [0.2, 0.25) is 5.76 Å². The van der Waals surface area contributed by atoms with Gasteiger partial charge in [0.25, 0.3) is 5.91 Å².